The third-order valence-electron chi connectivity index (χ3n) is 1.73. The summed E-state index contributed by atoms with van der Waals surface area (Å²) in [5, 5.41) is 2.25. The summed E-state index contributed by atoms with van der Waals surface area (Å²) in [5.74, 6) is 0.0356. The van der Waals surface area contributed by atoms with Crippen molar-refractivity contribution in [2.75, 3.05) is 13.2 Å². The molecule has 1 atom stereocenters. The van der Waals surface area contributed by atoms with E-state index in [0.29, 0.717) is 0 Å². The van der Waals surface area contributed by atoms with Crippen LogP contribution in [0.4, 0.5) is 18.0 Å². The molecule has 4 nitrogen and oxygen atoms in total. The van der Waals surface area contributed by atoms with Gasteiger partial charge in [-0.3, -0.25) is 0 Å². The largest absolute Gasteiger partial charge is 0.440 e. The fourth-order valence-corrected chi connectivity index (χ4v) is 0.838. The number of alkyl carbamates (subject to hydrolysis) is 1. The number of hydrogen-bond donors (Lipinski definition) is 2. The molecule has 0 aliphatic heterocycles. The second kappa shape index (κ2) is 7.56. The van der Waals surface area contributed by atoms with Gasteiger partial charge in [0.15, 0.2) is 6.61 Å². The zero-order chi connectivity index (χ0) is 12.1. The molecule has 0 aliphatic carbocycles. The molecule has 0 fully saturated rings. The average Bonchev–Trinajstić information content (AvgIpc) is 2.09. The van der Waals surface area contributed by atoms with E-state index in [1.165, 1.54) is 0 Å². The van der Waals surface area contributed by atoms with Gasteiger partial charge in [-0.15, -0.1) is 12.4 Å². The summed E-state index contributed by atoms with van der Waals surface area (Å²) >= 11 is 0. The number of nitrogens with one attached hydrogen (secondary N) is 1. The van der Waals surface area contributed by atoms with Gasteiger partial charge in [0, 0.05) is 12.6 Å². The van der Waals surface area contributed by atoms with Gasteiger partial charge >= 0.3 is 12.3 Å². The molecule has 0 aromatic heterocycles. The minimum Gasteiger partial charge on any atom is -0.440 e. The number of ether oxygens (including phenoxy) is 1. The average molecular weight is 265 g/mol. The van der Waals surface area contributed by atoms with Gasteiger partial charge in [-0.05, 0) is 5.92 Å². The summed E-state index contributed by atoms with van der Waals surface area (Å²) in [6.45, 7) is 2.15. The first-order valence-corrected chi connectivity index (χ1v) is 4.46. The number of rotatable bonds is 4. The number of carbonyl (C=O) groups is 1. The van der Waals surface area contributed by atoms with Crippen LogP contribution in [0.25, 0.3) is 0 Å². The standard InChI is InChI=1S/C8H15F3N2O2.ClH/c1-5(2)6(3-12)13-7(14)15-4-8(9,10)11;/h5-6H,3-4,12H2,1-2H3,(H,13,14);1H. The topological polar surface area (TPSA) is 64.3 Å². The molecule has 0 aromatic carbocycles. The van der Waals surface area contributed by atoms with E-state index in [2.05, 4.69) is 10.1 Å². The van der Waals surface area contributed by atoms with Crippen LogP contribution in [0.3, 0.4) is 0 Å². The molecule has 3 N–H and O–H groups in total. The number of halogens is 4. The molecular weight excluding hydrogens is 249 g/mol. The quantitative estimate of drug-likeness (QED) is 0.812. The van der Waals surface area contributed by atoms with E-state index in [9.17, 15) is 18.0 Å². The summed E-state index contributed by atoms with van der Waals surface area (Å²) in [6.07, 6.45) is -5.61. The molecule has 0 rings (SSSR count). The van der Waals surface area contributed by atoms with Crippen LogP contribution in [0.15, 0.2) is 0 Å². The third-order valence-corrected chi connectivity index (χ3v) is 1.73. The maximum absolute atomic E-state index is 11.7. The Kier molecular flexibility index (Phi) is 8.36. The summed E-state index contributed by atoms with van der Waals surface area (Å²) in [5.41, 5.74) is 5.31. The number of carbonyl (C=O) groups excluding carboxylic acids is 1. The zero-order valence-corrected chi connectivity index (χ0v) is 9.82. The summed E-state index contributed by atoms with van der Waals surface area (Å²) in [4.78, 5) is 10.9. The second-order valence-corrected chi connectivity index (χ2v) is 3.42. The number of nitrogens with two attached hydrogens (primary N) is 1. The number of alkyl halides is 3. The van der Waals surface area contributed by atoms with Crippen molar-refractivity contribution >= 4 is 18.5 Å². The van der Waals surface area contributed by atoms with Crippen molar-refractivity contribution in [1.82, 2.24) is 5.32 Å². The minimum atomic E-state index is -4.51. The minimum absolute atomic E-state index is 0. The van der Waals surface area contributed by atoms with E-state index in [1.54, 1.807) is 13.8 Å². The lowest BCUT2D eigenvalue weighted by Gasteiger charge is -2.20. The SMILES string of the molecule is CC(C)C(CN)NC(=O)OCC(F)(F)F.Cl. The lowest BCUT2D eigenvalue weighted by molar-refractivity contribution is -0.160. The maximum atomic E-state index is 11.7. The molecule has 0 aliphatic rings. The van der Waals surface area contributed by atoms with Crippen molar-refractivity contribution in [2.24, 2.45) is 11.7 Å². The first-order chi connectivity index (χ1) is 6.76. The van der Waals surface area contributed by atoms with E-state index in [-0.39, 0.29) is 30.9 Å². The van der Waals surface area contributed by atoms with Gasteiger partial charge in [0.25, 0.3) is 0 Å². The predicted octanol–water partition coefficient (Wildman–Crippen LogP) is 1.68. The summed E-state index contributed by atoms with van der Waals surface area (Å²) in [7, 11) is 0. The fraction of sp³-hybridized carbons (Fsp3) is 0.875. The van der Waals surface area contributed by atoms with Crippen LogP contribution < -0.4 is 11.1 Å². The van der Waals surface area contributed by atoms with Crippen molar-refractivity contribution in [3.05, 3.63) is 0 Å². The molecule has 0 radical (unpaired) electrons. The molecule has 1 amide bonds. The molecule has 0 spiro atoms. The van der Waals surface area contributed by atoms with Crippen LogP contribution in [0.1, 0.15) is 13.8 Å². The normalized spacial score (nSPS) is 12.9. The Bertz CT molecular complexity index is 212. The lowest BCUT2D eigenvalue weighted by atomic mass is 10.1. The van der Waals surface area contributed by atoms with Crippen molar-refractivity contribution in [2.45, 2.75) is 26.1 Å². The summed E-state index contributed by atoms with van der Waals surface area (Å²) in [6, 6.07) is -0.384. The molecule has 8 heteroatoms. The smallest absolute Gasteiger partial charge is 0.422 e. The van der Waals surface area contributed by atoms with E-state index in [1.807, 2.05) is 0 Å². The van der Waals surface area contributed by atoms with Gasteiger partial charge in [-0.1, -0.05) is 13.8 Å². The van der Waals surface area contributed by atoms with E-state index < -0.39 is 18.9 Å². The van der Waals surface area contributed by atoms with Gasteiger partial charge in [-0.25, -0.2) is 4.79 Å². The summed E-state index contributed by atoms with van der Waals surface area (Å²) < 4.78 is 39.0. The molecule has 0 saturated carbocycles. The van der Waals surface area contributed by atoms with Crippen LogP contribution in [-0.2, 0) is 4.74 Å². The Morgan fingerprint density at radius 2 is 1.94 bits per heavy atom. The van der Waals surface area contributed by atoms with Gasteiger partial charge in [0.05, 0.1) is 0 Å². The number of hydrogen-bond acceptors (Lipinski definition) is 3. The number of amides is 1. The molecule has 0 aromatic rings. The van der Waals surface area contributed by atoms with Gasteiger partial charge < -0.3 is 15.8 Å². The van der Waals surface area contributed by atoms with Gasteiger partial charge in [0.2, 0.25) is 0 Å². The van der Waals surface area contributed by atoms with Crippen LogP contribution in [0.2, 0.25) is 0 Å². The highest BCUT2D eigenvalue weighted by atomic mass is 35.5. The van der Waals surface area contributed by atoms with E-state index in [4.69, 9.17) is 5.73 Å². The molecule has 16 heavy (non-hydrogen) atoms. The molecule has 0 bridgehead atoms. The molecule has 1 unspecified atom stereocenters. The molecule has 0 heterocycles. The lowest BCUT2D eigenvalue weighted by Crippen LogP contribution is -2.44. The van der Waals surface area contributed by atoms with Crippen LogP contribution in [0, 0.1) is 5.92 Å². The molecular formula is C8H16ClF3N2O2. The highest BCUT2D eigenvalue weighted by Gasteiger charge is 2.30. The van der Waals surface area contributed by atoms with Crippen LogP contribution in [0.5, 0.6) is 0 Å². The fourth-order valence-electron chi connectivity index (χ4n) is 0.838. The monoisotopic (exact) mass is 264 g/mol. The predicted molar refractivity (Wildman–Crippen MR) is 55.5 cm³/mol. The van der Waals surface area contributed by atoms with Crippen molar-refractivity contribution in [3.63, 3.8) is 0 Å². The Morgan fingerprint density at radius 1 is 1.44 bits per heavy atom. The van der Waals surface area contributed by atoms with Crippen molar-refractivity contribution < 1.29 is 22.7 Å². The first kappa shape index (κ1) is 17.7. The molecule has 98 valence electrons. The Hall–Kier alpha value is -0.690. The Labute approximate surface area is 98.1 Å². The molecule has 0 saturated heterocycles. The Morgan fingerprint density at radius 3 is 2.25 bits per heavy atom. The Balaban J connectivity index is 0. The van der Waals surface area contributed by atoms with E-state index >= 15 is 0 Å². The van der Waals surface area contributed by atoms with Crippen LogP contribution >= 0.6 is 12.4 Å². The van der Waals surface area contributed by atoms with Gasteiger partial charge in [-0.2, -0.15) is 13.2 Å². The van der Waals surface area contributed by atoms with Crippen LogP contribution in [-0.4, -0.2) is 31.5 Å². The highest BCUT2D eigenvalue weighted by Crippen LogP contribution is 2.14. The third kappa shape index (κ3) is 8.60. The zero-order valence-electron chi connectivity index (χ0n) is 9.00. The van der Waals surface area contributed by atoms with Gasteiger partial charge in [0.1, 0.15) is 0 Å². The van der Waals surface area contributed by atoms with E-state index in [0.717, 1.165) is 0 Å². The first-order valence-electron chi connectivity index (χ1n) is 4.46. The van der Waals surface area contributed by atoms with Crippen molar-refractivity contribution in [3.8, 4) is 0 Å². The maximum Gasteiger partial charge on any atom is 0.422 e. The second-order valence-electron chi connectivity index (χ2n) is 3.42. The highest BCUT2D eigenvalue weighted by molar-refractivity contribution is 5.85. The van der Waals surface area contributed by atoms with Crippen molar-refractivity contribution in [1.29, 1.82) is 0 Å².